The van der Waals surface area contributed by atoms with Gasteiger partial charge in [0.15, 0.2) is 0 Å². The second-order valence-corrected chi connectivity index (χ2v) is 5.76. The minimum absolute atomic E-state index is 0.0432. The quantitative estimate of drug-likeness (QED) is 0.781. The van der Waals surface area contributed by atoms with Crippen LogP contribution < -0.4 is 11.1 Å². The number of hydrogen-bond acceptors (Lipinski definition) is 2. The standard InChI is InChI=1S/C14H27N3OS/c1-3-17(4-2)13(18)16-14(12(15)19)10-8-6-5-7-9-11-14/h3-11H2,1-2H3,(H2,15,19)(H,16,18). The Balaban J connectivity index is 2.79. The van der Waals surface area contributed by atoms with Crippen LogP contribution >= 0.6 is 12.2 Å². The summed E-state index contributed by atoms with van der Waals surface area (Å²) in [6.45, 7) is 5.37. The van der Waals surface area contributed by atoms with Gasteiger partial charge in [-0.05, 0) is 26.7 Å². The summed E-state index contributed by atoms with van der Waals surface area (Å²) in [7, 11) is 0. The van der Waals surface area contributed by atoms with Crippen molar-refractivity contribution in [3.63, 3.8) is 0 Å². The molecule has 2 amide bonds. The molecule has 0 saturated heterocycles. The Labute approximate surface area is 122 Å². The SMILES string of the molecule is CCN(CC)C(=O)NC1(C(N)=S)CCCCCCC1. The van der Waals surface area contributed by atoms with E-state index in [1.165, 1.54) is 19.3 Å². The van der Waals surface area contributed by atoms with Crippen molar-refractivity contribution in [1.29, 1.82) is 0 Å². The van der Waals surface area contributed by atoms with Crippen LogP contribution in [-0.4, -0.2) is 34.5 Å². The van der Waals surface area contributed by atoms with Crippen molar-refractivity contribution in [2.24, 2.45) is 5.73 Å². The summed E-state index contributed by atoms with van der Waals surface area (Å²) >= 11 is 5.25. The number of nitrogens with two attached hydrogens (primary N) is 1. The molecular weight excluding hydrogens is 258 g/mol. The fourth-order valence-corrected chi connectivity index (χ4v) is 2.99. The second-order valence-electron chi connectivity index (χ2n) is 5.32. The number of carbonyl (C=O) groups is 1. The fraction of sp³-hybridized carbons (Fsp3) is 0.857. The van der Waals surface area contributed by atoms with Gasteiger partial charge >= 0.3 is 6.03 Å². The van der Waals surface area contributed by atoms with Crippen molar-refractivity contribution >= 4 is 23.2 Å². The minimum Gasteiger partial charge on any atom is -0.391 e. The maximum Gasteiger partial charge on any atom is 0.318 e. The number of urea groups is 1. The van der Waals surface area contributed by atoms with Gasteiger partial charge in [-0.3, -0.25) is 0 Å². The Hall–Kier alpha value is -0.840. The average molecular weight is 285 g/mol. The van der Waals surface area contributed by atoms with Gasteiger partial charge in [-0.2, -0.15) is 0 Å². The summed E-state index contributed by atoms with van der Waals surface area (Å²) in [5.74, 6) is 0. The van der Waals surface area contributed by atoms with Gasteiger partial charge in [0.2, 0.25) is 0 Å². The van der Waals surface area contributed by atoms with Gasteiger partial charge in [0, 0.05) is 13.1 Å². The van der Waals surface area contributed by atoms with Crippen LogP contribution in [0.15, 0.2) is 0 Å². The normalized spacial score (nSPS) is 19.1. The smallest absolute Gasteiger partial charge is 0.318 e. The maximum atomic E-state index is 12.3. The Bertz CT molecular complexity index is 308. The molecule has 0 atom stereocenters. The van der Waals surface area contributed by atoms with E-state index >= 15 is 0 Å². The van der Waals surface area contributed by atoms with Crippen LogP contribution in [0, 0.1) is 0 Å². The lowest BCUT2D eigenvalue weighted by Gasteiger charge is -2.37. The van der Waals surface area contributed by atoms with Gasteiger partial charge in [-0.1, -0.05) is 44.3 Å². The minimum atomic E-state index is -0.477. The zero-order chi connectivity index (χ0) is 14.3. The molecule has 0 spiro atoms. The van der Waals surface area contributed by atoms with Gasteiger partial charge in [-0.25, -0.2) is 4.79 Å². The molecule has 0 radical (unpaired) electrons. The predicted octanol–water partition coefficient (Wildman–Crippen LogP) is 2.81. The van der Waals surface area contributed by atoms with Crippen molar-refractivity contribution in [2.45, 2.75) is 64.3 Å². The molecule has 1 rings (SSSR count). The Kier molecular flexibility index (Phi) is 6.55. The molecule has 0 unspecified atom stereocenters. The van der Waals surface area contributed by atoms with E-state index in [2.05, 4.69) is 5.32 Å². The summed E-state index contributed by atoms with van der Waals surface area (Å²) in [6, 6.07) is -0.0432. The van der Waals surface area contributed by atoms with Crippen LogP contribution in [0.3, 0.4) is 0 Å². The third-order valence-electron chi connectivity index (χ3n) is 4.08. The first kappa shape index (κ1) is 16.2. The molecular formula is C14H27N3OS. The summed E-state index contributed by atoms with van der Waals surface area (Å²) in [4.78, 5) is 14.5. The second kappa shape index (κ2) is 7.68. The van der Waals surface area contributed by atoms with Crippen LogP contribution in [0.4, 0.5) is 4.79 Å². The largest absolute Gasteiger partial charge is 0.391 e. The predicted molar refractivity (Wildman–Crippen MR) is 83.3 cm³/mol. The van der Waals surface area contributed by atoms with Crippen LogP contribution in [0.25, 0.3) is 0 Å². The summed E-state index contributed by atoms with van der Waals surface area (Å²) in [5, 5.41) is 3.12. The van der Waals surface area contributed by atoms with E-state index in [9.17, 15) is 4.79 Å². The molecule has 1 aliphatic carbocycles. The van der Waals surface area contributed by atoms with E-state index in [-0.39, 0.29) is 6.03 Å². The topological polar surface area (TPSA) is 58.4 Å². The first-order chi connectivity index (χ1) is 9.05. The van der Waals surface area contributed by atoms with Crippen LogP contribution in [0.5, 0.6) is 0 Å². The van der Waals surface area contributed by atoms with Gasteiger partial charge in [0.25, 0.3) is 0 Å². The Morgan fingerprint density at radius 2 is 1.63 bits per heavy atom. The van der Waals surface area contributed by atoms with Crippen LogP contribution in [0.1, 0.15) is 58.8 Å². The van der Waals surface area contributed by atoms with Gasteiger partial charge in [0.05, 0.1) is 10.5 Å². The number of nitrogens with zero attached hydrogens (tertiary/aromatic N) is 1. The molecule has 3 N–H and O–H groups in total. The number of rotatable bonds is 4. The molecule has 0 aromatic carbocycles. The lowest BCUT2D eigenvalue weighted by molar-refractivity contribution is 0.190. The van der Waals surface area contributed by atoms with Gasteiger partial charge < -0.3 is 16.0 Å². The zero-order valence-corrected chi connectivity index (χ0v) is 13.0. The lowest BCUT2D eigenvalue weighted by atomic mass is 9.84. The highest BCUT2D eigenvalue weighted by Crippen LogP contribution is 2.27. The summed E-state index contributed by atoms with van der Waals surface area (Å²) in [6.07, 6.45) is 7.57. The van der Waals surface area contributed by atoms with Gasteiger partial charge in [-0.15, -0.1) is 0 Å². The molecule has 0 aromatic heterocycles. The molecule has 1 aliphatic rings. The number of amides is 2. The molecule has 110 valence electrons. The van der Waals surface area contributed by atoms with E-state index in [1.807, 2.05) is 13.8 Å². The first-order valence-electron chi connectivity index (χ1n) is 7.42. The first-order valence-corrected chi connectivity index (χ1v) is 7.83. The molecule has 0 bridgehead atoms. The van der Waals surface area contributed by atoms with Crippen molar-refractivity contribution in [3.8, 4) is 0 Å². The Morgan fingerprint density at radius 1 is 1.16 bits per heavy atom. The fourth-order valence-electron chi connectivity index (χ4n) is 2.74. The van der Waals surface area contributed by atoms with Crippen molar-refractivity contribution < 1.29 is 4.79 Å². The highest BCUT2D eigenvalue weighted by molar-refractivity contribution is 7.80. The average Bonchev–Trinajstić information content (AvgIpc) is 2.34. The monoisotopic (exact) mass is 285 g/mol. The number of hydrogen-bond donors (Lipinski definition) is 2. The molecule has 4 nitrogen and oxygen atoms in total. The van der Waals surface area contributed by atoms with E-state index in [0.29, 0.717) is 18.1 Å². The van der Waals surface area contributed by atoms with Crippen LogP contribution in [0.2, 0.25) is 0 Å². The van der Waals surface area contributed by atoms with E-state index in [0.717, 1.165) is 25.7 Å². The third kappa shape index (κ3) is 4.34. The molecule has 0 aromatic rings. The highest BCUT2D eigenvalue weighted by atomic mass is 32.1. The highest BCUT2D eigenvalue weighted by Gasteiger charge is 2.35. The molecule has 1 fully saturated rings. The zero-order valence-electron chi connectivity index (χ0n) is 12.2. The molecule has 5 heteroatoms. The van der Waals surface area contributed by atoms with E-state index < -0.39 is 5.54 Å². The molecule has 0 aliphatic heterocycles. The molecule has 19 heavy (non-hydrogen) atoms. The lowest BCUT2D eigenvalue weighted by Crippen LogP contribution is -2.59. The van der Waals surface area contributed by atoms with E-state index in [1.54, 1.807) is 4.90 Å². The number of nitrogens with one attached hydrogen (secondary N) is 1. The molecule has 0 heterocycles. The Morgan fingerprint density at radius 3 is 2.05 bits per heavy atom. The maximum absolute atomic E-state index is 12.3. The molecule has 1 saturated carbocycles. The number of thiocarbonyl (C=S) groups is 1. The third-order valence-corrected chi connectivity index (χ3v) is 4.47. The summed E-state index contributed by atoms with van der Waals surface area (Å²) < 4.78 is 0. The summed E-state index contributed by atoms with van der Waals surface area (Å²) in [5.41, 5.74) is 5.48. The van der Waals surface area contributed by atoms with Crippen LogP contribution in [-0.2, 0) is 0 Å². The van der Waals surface area contributed by atoms with Crippen molar-refractivity contribution in [2.75, 3.05) is 13.1 Å². The van der Waals surface area contributed by atoms with Gasteiger partial charge in [0.1, 0.15) is 0 Å². The van der Waals surface area contributed by atoms with E-state index in [4.69, 9.17) is 18.0 Å². The van der Waals surface area contributed by atoms with Crippen molar-refractivity contribution in [3.05, 3.63) is 0 Å². The number of carbonyl (C=O) groups excluding carboxylic acids is 1. The van der Waals surface area contributed by atoms with Crippen molar-refractivity contribution in [1.82, 2.24) is 10.2 Å².